The van der Waals surface area contributed by atoms with Gasteiger partial charge in [0.25, 0.3) is 11.8 Å². The maximum absolute atomic E-state index is 12.5. The summed E-state index contributed by atoms with van der Waals surface area (Å²) in [6, 6.07) is 26.4. The first-order valence-corrected chi connectivity index (χ1v) is 9.27. The summed E-state index contributed by atoms with van der Waals surface area (Å²) in [6.45, 7) is 0. The molecule has 0 atom stereocenters. The molecule has 0 aliphatic rings. The average Bonchev–Trinajstić information content (AvgIpc) is 3.32. The number of carbonyl (C=O) groups excluding carboxylic acids is 2. The number of para-hydroxylation sites is 1. The van der Waals surface area contributed by atoms with Gasteiger partial charge in [-0.25, -0.2) is 0 Å². The van der Waals surface area contributed by atoms with Crippen LogP contribution in [0.15, 0.2) is 102 Å². The zero-order valence-corrected chi connectivity index (χ0v) is 15.9. The van der Waals surface area contributed by atoms with Crippen LogP contribution in [0.5, 0.6) is 11.5 Å². The second-order valence-electron chi connectivity index (χ2n) is 6.40. The van der Waals surface area contributed by atoms with E-state index in [1.165, 1.54) is 6.26 Å². The summed E-state index contributed by atoms with van der Waals surface area (Å²) in [5, 5.41) is 5.54. The van der Waals surface area contributed by atoms with Crippen molar-refractivity contribution in [1.82, 2.24) is 0 Å². The molecule has 2 amide bonds. The molecule has 0 fully saturated rings. The molecule has 0 aliphatic carbocycles. The predicted molar refractivity (Wildman–Crippen MR) is 114 cm³/mol. The molecule has 0 radical (unpaired) electrons. The third-order valence-corrected chi connectivity index (χ3v) is 4.24. The molecule has 0 saturated carbocycles. The van der Waals surface area contributed by atoms with Crippen LogP contribution in [-0.4, -0.2) is 11.8 Å². The molecule has 4 aromatic rings. The first-order chi connectivity index (χ1) is 14.7. The maximum atomic E-state index is 12.5. The molecular formula is C24H18N2O4. The summed E-state index contributed by atoms with van der Waals surface area (Å²) < 4.78 is 10.8. The van der Waals surface area contributed by atoms with Crippen molar-refractivity contribution in [2.75, 3.05) is 10.6 Å². The molecule has 0 spiro atoms. The Hall–Kier alpha value is -4.32. The van der Waals surface area contributed by atoms with E-state index < -0.39 is 0 Å². The minimum Gasteiger partial charge on any atom is -0.459 e. The second kappa shape index (κ2) is 8.79. The monoisotopic (exact) mass is 398 g/mol. The Bertz CT molecular complexity index is 1120. The van der Waals surface area contributed by atoms with Gasteiger partial charge in [0.2, 0.25) is 0 Å². The van der Waals surface area contributed by atoms with E-state index >= 15 is 0 Å². The van der Waals surface area contributed by atoms with Gasteiger partial charge < -0.3 is 19.8 Å². The van der Waals surface area contributed by atoms with Gasteiger partial charge in [-0.15, -0.1) is 0 Å². The number of hydrogen-bond donors (Lipinski definition) is 2. The highest BCUT2D eigenvalue weighted by Crippen LogP contribution is 2.23. The van der Waals surface area contributed by atoms with Crippen molar-refractivity contribution in [3.05, 3.63) is 109 Å². The summed E-state index contributed by atoms with van der Waals surface area (Å²) in [5.41, 5.74) is 1.68. The summed E-state index contributed by atoms with van der Waals surface area (Å²) in [6.07, 6.45) is 1.43. The number of nitrogens with one attached hydrogen (secondary N) is 2. The van der Waals surface area contributed by atoms with Crippen LogP contribution in [0.25, 0.3) is 0 Å². The molecule has 0 bridgehead atoms. The number of hydrogen-bond acceptors (Lipinski definition) is 4. The standard InChI is InChI=1S/C24H18N2O4/c27-23(17-8-10-18(11-9-17)26-24(28)22-7-4-16-29-22)25-19-12-14-21(15-13-19)30-20-5-2-1-3-6-20/h1-16H,(H,25,27)(H,26,28). The van der Waals surface area contributed by atoms with Gasteiger partial charge in [-0.05, 0) is 72.8 Å². The minimum absolute atomic E-state index is 0.219. The Balaban J connectivity index is 1.35. The van der Waals surface area contributed by atoms with Crippen molar-refractivity contribution >= 4 is 23.2 Å². The van der Waals surface area contributed by atoms with Crippen LogP contribution in [0.2, 0.25) is 0 Å². The Morgan fingerprint density at radius 1 is 0.633 bits per heavy atom. The fourth-order valence-electron chi connectivity index (χ4n) is 2.74. The van der Waals surface area contributed by atoms with E-state index in [1.54, 1.807) is 60.7 Å². The van der Waals surface area contributed by atoms with Crippen LogP contribution in [0.4, 0.5) is 11.4 Å². The zero-order valence-electron chi connectivity index (χ0n) is 15.9. The average molecular weight is 398 g/mol. The van der Waals surface area contributed by atoms with Gasteiger partial charge in [0.15, 0.2) is 5.76 Å². The third-order valence-electron chi connectivity index (χ3n) is 4.24. The highest BCUT2D eigenvalue weighted by atomic mass is 16.5. The number of ether oxygens (including phenoxy) is 1. The van der Waals surface area contributed by atoms with E-state index in [0.717, 1.165) is 5.75 Å². The fraction of sp³-hybridized carbons (Fsp3) is 0. The smallest absolute Gasteiger partial charge is 0.291 e. The van der Waals surface area contributed by atoms with Crippen molar-refractivity contribution in [3.63, 3.8) is 0 Å². The molecular weight excluding hydrogens is 380 g/mol. The lowest BCUT2D eigenvalue weighted by Gasteiger charge is -2.09. The van der Waals surface area contributed by atoms with Gasteiger partial charge in [0.05, 0.1) is 6.26 Å². The van der Waals surface area contributed by atoms with Crippen molar-refractivity contribution in [3.8, 4) is 11.5 Å². The Morgan fingerprint density at radius 2 is 1.23 bits per heavy atom. The van der Waals surface area contributed by atoms with Gasteiger partial charge in [-0.2, -0.15) is 0 Å². The Labute approximate surface area is 173 Å². The van der Waals surface area contributed by atoms with Gasteiger partial charge in [0, 0.05) is 16.9 Å². The normalized spacial score (nSPS) is 10.3. The van der Waals surface area contributed by atoms with E-state index in [9.17, 15) is 9.59 Å². The number of carbonyl (C=O) groups is 2. The maximum Gasteiger partial charge on any atom is 0.291 e. The molecule has 148 valence electrons. The first kappa shape index (κ1) is 19.0. The molecule has 3 aromatic carbocycles. The number of rotatable bonds is 6. The van der Waals surface area contributed by atoms with Crippen molar-refractivity contribution in [2.45, 2.75) is 0 Å². The van der Waals surface area contributed by atoms with E-state index in [2.05, 4.69) is 10.6 Å². The Morgan fingerprint density at radius 3 is 1.87 bits per heavy atom. The largest absolute Gasteiger partial charge is 0.459 e. The second-order valence-corrected chi connectivity index (χ2v) is 6.40. The molecule has 4 rings (SSSR count). The number of anilines is 2. The molecule has 6 nitrogen and oxygen atoms in total. The lowest BCUT2D eigenvalue weighted by molar-refractivity contribution is 0.0995. The minimum atomic E-state index is -0.352. The molecule has 0 aliphatic heterocycles. The molecule has 1 heterocycles. The van der Waals surface area contributed by atoms with Crippen LogP contribution in [0.3, 0.4) is 0 Å². The van der Waals surface area contributed by atoms with E-state index in [1.807, 2.05) is 30.3 Å². The molecule has 1 aromatic heterocycles. The molecule has 0 saturated heterocycles. The summed E-state index contributed by atoms with van der Waals surface area (Å²) in [5.74, 6) is 1.03. The SMILES string of the molecule is O=C(Nc1ccc(Oc2ccccc2)cc1)c1ccc(NC(=O)c2ccco2)cc1. The van der Waals surface area contributed by atoms with Gasteiger partial charge >= 0.3 is 0 Å². The highest BCUT2D eigenvalue weighted by molar-refractivity contribution is 6.05. The van der Waals surface area contributed by atoms with E-state index in [0.29, 0.717) is 22.7 Å². The number of benzene rings is 3. The first-order valence-electron chi connectivity index (χ1n) is 9.27. The highest BCUT2D eigenvalue weighted by Gasteiger charge is 2.10. The topological polar surface area (TPSA) is 80.6 Å². The molecule has 6 heteroatoms. The molecule has 2 N–H and O–H groups in total. The van der Waals surface area contributed by atoms with Crippen LogP contribution < -0.4 is 15.4 Å². The van der Waals surface area contributed by atoms with E-state index in [4.69, 9.17) is 9.15 Å². The van der Waals surface area contributed by atoms with Gasteiger partial charge in [-0.3, -0.25) is 9.59 Å². The Kier molecular flexibility index (Phi) is 5.57. The van der Waals surface area contributed by atoms with Gasteiger partial charge in [-0.1, -0.05) is 18.2 Å². The number of amides is 2. The van der Waals surface area contributed by atoms with Crippen molar-refractivity contribution < 1.29 is 18.7 Å². The molecule has 0 unspecified atom stereocenters. The van der Waals surface area contributed by atoms with Crippen LogP contribution in [0.1, 0.15) is 20.9 Å². The molecule has 30 heavy (non-hydrogen) atoms. The zero-order chi connectivity index (χ0) is 20.8. The van der Waals surface area contributed by atoms with Crippen LogP contribution in [-0.2, 0) is 0 Å². The summed E-state index contributed by atoms with van der Waals surface area (Å²) in [4.78, 5) is 24.4. The lowest BCUT2D eigenvalue weighted by atomic mass is 10.2. The fourth-order valence-corrected chi connectivity index (χ4v) is 2.74. The lowest BCUT2D eigenvalue weighted by Crippen LogP contribution is -2.13. The summed E-state index contributed by atoms with van der Waals surface area (Å²) >= 11 is 0. The predicted octanol–water partition coefficient (Wildman–Crippen LogP) is 5.58. The summed E-state index contributed by atoms with van der Waals surface area (Å²) in [7, 11) is 0. The van der Waals surface area contributed by atoms with Crippen molar-refractivity contribution in [1.29, 1.82) is 0 Å². The van der Waals surface area contributed by atoms with Gasteiger partial charge in [0.1, 0.15) is 11.5 Å². The quantitative estimate of drug-likeness (QED) is 0.444. The van der Waals surface area contributed by atoms with Crippen LogP contribution in [0, 0.1) is 0 Å². The third kappa shape index (κ3) is 4.74. The van der Waals surface area contributed by atoms with Crippen LogP contribution >= 0.6 is 0 Å². The van der Waals surface area contributed by atoms with E-state index in [-0.39, 0.29) is 17.6 Å². The number of furan rings is 1. The van der Waals surface area contributed by atoms with Crippen molar-refractivity contribution in [2.24, 2.45) is 0 Å².